The number of rotatable bonds is 5. The number of nitrogens with zero attached hydrogens (tertiary/aromatic N) is 3. The molecule has 0 spiro atoms. The molecule has 21 heavy (non-hydrogen) atoms. The molecule has 3 rings (SSSR count). The molecule has 2 heterocycles. The van der Waals surface area contributed by atoms with E-state index in [1.807, 2.05) is 24.3 Å². The molecule has 112 valence electrons. The van der Waals surface area contributed by atoms with Gasteiger partial charge >= 0.3 is 0 Å². The van der Waals surface area contributed by atoms with E-state index >= 15 is 0 Å². The lowest BCUT2D eigenvalue weighted by Gasteiger charge is -2.13. The van der Waals surface area contributed by atoms with Crippen LogP contribution in [0.1, 0.15) is 12.3 Å². The van der Waals surface area contributed by atoms with Gasteiger partial charge in [-0.25, -0.2) is 0 Å². The van der Waals surface area contributed by atoms with Gasteiger partial charge in [0.25, 0.3) is 0 Å². The van der Waals surface area contributed by atoms with Crippen LogP contribution in [0.3, 0.4) is 0 Å². The van der Waals surface area contributed by atoms with E-state index in [-0.39, 0.29) is 6.61 Å². The molecule has 1 aliphatic heterocycles. The third-order valence-electron chi connectivity index (χ3n) is 3.82. The summed E-state index contributed by atoms with van der Waals surface area (Å²) in [7, 11) is 0. The summed E-state index contributed by atoms with van der Waals surface area (Å²) in [4.78, 5) is 6.73. The minimum atomic E-state index is 0.274. The summed E-state index contributed by atoms with van der Waals surface area (Å²) in [5.41, 5.74) is 0.860. The number of hydrogen-bond acceptors (Lipinski definition) is 5. The van der Waals surface area contributed by atoms with Crippen LogP contribution in [0.5, 0.6) is 0 Å². The highest BCUT2D eigenvalue weighted by atomic mass is 35.5. The van der Waals surface area contributed by atoms with Gasteiger partial charge in [-0.15, -0.1) is 0 Å². The predicted octanol–water partition coefficient (Wildman–Crippen LogP) is 2.25. The molecule has 1 aromatic carbocycles. The highest BCUT2D eigenvalue weighted by molar-refractivity contribution is 6.30. The standard InChI is InChI=1S/C15H18ClN3O2/c16-13-3-1-2-12(8-13)15-17-14(21-18-15)5-7-19-6-4-11(9-19)10-20/h1-3,8,11,20H,4-7,9-10H2. The maximum absolute atomic E-state index is 9.14. The van der Waals surface area contributed by atoms with Crippen molar-refractivity contribution in [3.8, 4) is 11.4 Å². The number of benzene rings is 1. The fraction of sp³-hybridized carbons (Fsp3) is 0.467. The van der Waals surface area contributed by atoms with Gasteiger partial charge in [-0.05, 0) is 31.0 Å². The minimum absolute atomic E-state index is 0.274. The number of likely N-dealkylation sites (tertiary alicyclic amines) is 1. The Morgan fingerprint density at radius 2 is 2.33 bits per heavy atom. The van der Waals surface area contributed by atoms with E-state index in [1.54, 1.807) is 0 Å². The molecule has 0 radical (unpaired) electrons. The second kappa shape index (κ2) is 6.56. The maximum atomic E-state index is 9.14. The van der Waals surface area contributed by atoms with Crippen molar-refractivity contribution in [1.82, 2.24) is 15.0 Å². The number of aliphatic hydroxyl groups excluding tert-OH is 1. The molecule has 1 saturated heterocycles. The van der Waals surface area contributed by atoms with Gasteiger partial charge in [0.15, 0.2) is 0 Å². The van der Waals surface area contributed by atoms with Crippen molar-refractivity contribution in [3.63, 3.8) is 0 Å². The van der Waals surface area contributed by atoms with Crippen molar-refractivity contribution in [2.45, 2.75) is 12.8 Å². The quantitative estimate of drug-likeness (QED) is 0.918. The van der Waals surface area contributed by atoms with Crippen LogP contribution in [-0.4, -0.2) is 46.4 Å². The third-order valence-corrected chi connectivity index (χ3v) is 4.06. The van der Waals surface area contributed by atoms with E-state index in [4.69, 9.17) is 21.2 Å². The van der Waals surface area contributed by atoms with Crippen LogP contribution in [0.25, 0.3) is 11.4 Å². The van der Waals surface area contributed by atoms with Crippen LogP contribution >= 0.6 is 11.6 Å². The Morgan fingerprint density at radius 1 is 1.43 bits per heavy atom. The number of hydrogen-bond donors (Lipinski definition) is 1. The highest BCUT2D eigenvalue weighted by Crippen LogP contribution is 2.20. The van der Waals surface area contributed by atoms with Gasteiger partial charge in [0.2, 0.25) is 11.7 Å². The fourth-order valence-electron chi connectivity index (χ4n) is 2.62. The molecule has 0 saturated carbocycles. The zero-order valence-electron chi connectivity index (χ0n) is 11.7. The van der Waals surface area contributed by atoms with E-state index in [0.29, 0.717) is 22.7 Å². The normalized spacial score (nSPS) is 19.2. The third kappa shape index (κ3) is 3.61. The first kappa shape index (κ1) is 14.5. The zero-order chi connectivity index (χ0) is 14.7. The number of halogens is 1. The van der Waals surface area contributed by atoms with Crippen molar-refractivity contribution in [2.24, 2.45) is 5.92 Å². The Morgan fingerprint density at radius 3 is 3.10 bits per heavy atom. The second-order valence-electron chi connectivity index (χ2n) is 5.41. The molecule has 1 fully saturated rings. The maximum Gasteiger partial charge on any atom is 0.228 e. The molecule has 0 amide bonds. The largest absolute Gasteiger partial charge is 0.396 e. The van der Waals surface area contributed by atoms with Crippen molar-refractivity contribution in [1.29, 1.82) is 0 Å². The average molecular weight is 308 g/mol. The van der Waals surface area contributed by atoms with Crippen LogP contribution < -0.4 is 0 Å². The lowest BCUT2D eigenvalue weighted by Crippen LogP contribution is -2.24. The summed E-state index contributed by atoms with van der Waals surface area (Å²) < 4.78 is 5.29. The first-order valence-corrected chi connectivity index (χ1v) is 7.54. The lowest BCUT2D eigenvalue weighted by molar-refractivity contribution is 0.220. The van der Waals surface area contributed by atoms with E-state index < -0.39 is 0 Å². The molecule has 5 nitrogen and oxygen atoms in total. The lowest BCUT2D eigenvalue weighted by atomic mass is 10.1. The monoisotopic (exact) mass is 307 g/mol. The van der Waals surface area contributed by atoms with Crippen molar-refractivity contribution in [3.05, 3.63) is 35.2 Å². The molecule has 1 unspecified atom stereocenters. The van der Waals surface area contributed by atoms with Crippen LogP contribution in [0.4, 0.5) is 0 Å². The van der Waals surface area contributed by atoms with Gasteiger partial charge in [0.05, 0.1) is 0 Å². The van der Waals surface area contributed by atoms with E-state index in [9.17, 15) is 0 Å². The van der Waals surface area contributed by atoms with Crippen LogP contribution in [0.15, 0.2) is 28.8 Å². The highest BCUT2D eigenvalue weighted by Gasteiger charge is 2.21. The molecule has 2 aromatic rings. The van der Waals surface area contributed by atoms with Gasteiger partial charge < -0.3 is 14.5 Å². The Labute approximate surface area is 128 Å². The summed E-state index contributed by atoms with van der Waals surface area (Å²) in [6.45, 7) is 3.13. The summed E-state index contributed by atoms with van der Waals surface area (Å²) in [5, 5.41) is 13.8. The molecule has 1 aromatic heterocycles. The molecule has 1 N–H and O–H groups in total. The zero-order valence-corrected chi connectivity index (χ0v) is 12.5. The number of aliphatic hydroxyl groups is 1. The molecule has 0 bridgehead atoms. The van der Waals surface area contributed by atoms with Gasteiger partial charge in [0, 0.05) is 36.7 Å². The van der Waals surface area contributed by atoms with Gasteiger partial charge in [-0.2, -0.15) is 4.98 Å². The molecular weight excluding hydrogens is 290 g/mol. The smallest absolute Gasteiger partial charge is 0.228 e. The van der Waals surface area contributed by atoms with Crippen LogP contribution in [0.2, 0.25) is 5.02 Å². The Kier molecular flexibility index (Phi) is 4.53. The van der Waals surface area contributed by atoms with Crippen molar-refractivity contribution in [2.75, 3.05) is 26.2 Å². The van der Waals surface area contributed by atoms with Crippen molar-refractivity contribution < 1.29 is 9.63 Å². The van der Waals surface area contributed by atoms with Crippen LogP contribution in [-0.2, 0) is 6.42 Å². The molecular formula is C15H18ClN3O2. The summed E-state index contributed by atoms with van der Waals surface area (Å²) in [5.74, 6) is 1.62. The molecule has 1 aliphatic rings. The molecule has 1 atom stereocenters. The second-order valence-corrected chi connectivity index (χ2v) is 5.85. The summed E-state index contributed by atoms with van der Waals surface area (Å²) in [6, 6.07) is 7.42. The summed E-state index contributed by atoms with van der Waals surface area (Å²) >= 11 is 5.96. The average Bonchev–Trinajstić information content (AvgIpc) is 3.14. The van der Waals surface area contributed by atoms with E-state index in [0.717, 1.165) is 38.0 Å². The van der Waals surface area contributed by atoms with Gasteiger partial charge in [-0.3, -0.25) is 0 Å². The number of aromatic nitrogens is 2. The fourth-order valence-corrected chi connectivity index (χ4v) is 2.81. The SMILES string of the molecule is OCC1CCN(CCc2nc(-c3cccc(Cl)c3)no2)C1. The van der Waals surface area contributed by atoms with E-state index in [1.165, 1.54) is 0 Å². The van der Waals surface area contributed by atoms with E-state index in [2.05, 4.69) is 15.0 Å². The predicted molar refractivity (Wildman–Crippen MR) is 80.1 cm³/mol. The van der Waals surface area contributed by atoms with Crippen LogP contribution in [0, 0.1) is 5.92 Å². The van der Waals surface area contributed by atoms with Gasteiger partial charge in [-0.1, -0.05) is 28.9 Å². The first-order chi connectivity index (χ1) is 10.2. The topological polar surface area (TPSA) is 62.4 Å². The Hall–Kier alpha value is -1.43. The molecule has 0 aliphatic carbocycles. The van der Waals surface area contributed by atoms with Crippen molar-refractivity contribution >= 4 is 11.6 Å². The summed E-state index contributed by atoms with van der Waals surface area (Å²) in [6.07, 6.45) is 1.79. The Balaban J connectivity index is 1.58. The van der Waals surface area contributed by atoms with Gasteiger partial charge in [0.1, 0.15) is 0 Å². The Bertz CT molecular complexity index is 602. The molecule has 6 heteroatoms. The first-order valence-electron chi connectivity index (χ1n) is 7.16. The minimum Gasteiger partial charge on any atom is -0.396 e.